The van der Waals surface area contributed by atoms with E-state index in [4.69, 9.17) is 19.4 Å². The molecular formula is C57H36N4O. The zero-order valence-corrected chi connectivity index (χ0v) is 33.5. The first-order valence-corrected chi connectivity index (χ1v) is 20.8. The van der Waals surface area contributed by atoms with E-state index < -0.39 is 0 Å². The molecule has 0 unspecified atom stereocenters. The highest BCUT2D eigenvalue weighted by Crippen LogP contribution is 2.42. The minimum absolute atomic E-state index is 0.572. The van der Waals surface area contributed by atoms with Crippen LogP contribution in [0, 0.1) is 0 Å². The third-order valence-electron chi connectivity index (χ3n) is 11.9. The molecule has 0 N–H and O–H groups in total. The molecule has 0 fully saturated rings. The lowest BCUT2D eigenvalue weighted by molar-refractivity contribution is 0.670. The molecule has 0 radical (unpaired) electrons. The number of rotatable bonds is 7. The van der Waals surface area contributed by atoms with Crippen molar-refractivity contribution in [2.45, 2.75) is 0 Å². The Kier molecular flexibility index (Phi) is 8.42. The first kappa shape index (κ1) is 35.5. The Labute approximate surface area is 357 Å². The van der Waals surface area contributed by atoms with E-state index in [9.17, 15) is 0 Å². The number of benzene rings is 9. The van der Waals surface area contributed by atoms with Crippen LogP contribution in [-0.2, 0) is 0 Å². The number of para-hydroxylation sites is 2. The third kappa shape index (κ3) is 6.06. The second-order valence-corrected chi connectivity index (χ2v) is 15.6. The van der Waals surface area contributed by atoms with Crippen molar-refractivity contribution in [2.75, 3.05) is 0 Å². The number of fused-ring (bicyclic) bond motifs is 6. The SMILES string of the molecule is c1ccc(-c2ccc3c(c2)c2cc(-c4ccccc4)ccc2n3-c2ccc(-c3cccc4c3oc3ccccc34)cc2-c2nc(-c3ccccc3)nc(-c3ccccc3)n2)cc1. The minimum Gasteiger partial charge on any atom is -0.455 e. The minimum atomic E-state index is 0.572. The molecular weight excluding hydrogens is 757 g/mol. The molecule has 5 heteroatoms. The molecule has 9 aromatic carbocycles. The number of nitrogens with zero attached hydrogens (tertiary/aromatic N) is 4. The molecule has 12 aromatic rings. The van der Waals surface area contributed by atoms with E-state index in [1.54, 1.807) is 0 Å². The van der Waals surface area contributed by atoms with Gasteiger partial charge in [-0.15, -0.1) is 0 Å². The van der Waals surface area contributed by atoms with Crippen molar-refractivity contribution in [3.05, 3.63) is 218 Å². The van der Waals surface area contributed by atoms with Crippen LogP contribution in [0.5, 0.6) is 0 Å². The van der Waals surface area contributed by atoms with Gasteiger partial charge in [0.2, 0.25) is 0 Å². The highest BCUT2D eigenvalue weighted by atomic mass is 16.3. The summed E-state index contributed by atoms with van der Waals surface area (Å²) in [5, 5.41) is 4.49. The van der Waals surface area contributed by atoms with Crippen LogP contribution in [0.1, 0.15) is 0 Å². The lowest BCUT2D eigenvalue weighted by atomic mass is 9.98. The highest BCUT2D eigenvalue weighted by molar-refractivity contribution is 6.13. The first-order valence-electron chi connectivity index (χ1n) is 20.8. The third-order valence-corrected chi connectivity index (χ3v) is 11.9. The lowest BCUT2D eigenvalue weighted by Crippen LogP contribution is -2.04. The zero-order valence-electron chi connectivity index (χ0n) is 33.5. The van der Waals surface area contributed by atoms with Gasteiger partial charge in [0.1, 0.15) is 11.2 Å². The molecule has 0 aliphatic heterocycles. The maximum absolute atomic E-state index is 6.60. The first-order chi connectivity index (χ1) is 30.7. The van der Waals surface area contributed by atoms with Crippen molar-refractivity contribution in [3.8, 4) is 73.2 Å². The van der Waals surface area contributed by atoms with Crippen LogP contribution in [0.25, 0.3) is 117 Å². The van der Waals surface area contributed by atoms with Gasteiger partial charge in [-0.2, -0.15) is 0 Å². The monoisotopic (exact) mass is 792 g/mol. The van der Waals surface area contributed by atoms with Gasteiger partial charge in [0.05, 0.1) is 16.7 Å². The van der Waals surface area contributed by atoms with Crippen molar-refractivity contribution >= 4 is 43.7 Å². The Morgan fingerprint density at radius 1 is 0.306 bits per heavy atom. The molecule has 0 spiro atoms. The Bertz CT molecular complexity index is 3460. The van der Waals surface area contributed by atoms with Gasteiger partial charge in [-0.3, -0.25) is 0 Å². The van der Waals surface area contributed by atoms with Gasteiger partial charge in [-0.25, -0.2) is 15.0 Å². The van der Waals surface area contributed by atoms with E-state index in [1.807, 2.05) is 48.5 Å². The summed E-state index contributed by atoms with van der Waals surface area (Å²) in [6.07, 6.45) is 0. The van der Waals surface area contributed by atoms with E-state index in [-0.39, 0.29) is 0 Å². The average molecular weight is 793 g/mol. The summed E-state index contributed by atoms with van der Waals surface area (Å²) in [6.45, 7) is 0. The van der Waals surface area contributed by atoms with E-state index in [2.05, 4.69) is 174 Å². The lowest BCUT2D eigenvalue weighted by Gasteiger charge is -2.16. The van der Waals surface area contributed by atoms with Crippen molar-refractivity contribution in [2.24, 2.45) is 0 Å². The van der Waals surface area contributed by atoms with Crippen LogP contribution < -0.4 is 0 Å². The van der Waals surface area contributed by atoms with Gasteiger partial charge in [0, 0.05) is 43.8 Å². The van der Waals surface area contributed by atoms with Crippen LogP contribution in [0.15, 0.2) is 223 Å². The molecule has 0 saturated carbocycles. The van der Waals surface area contributed by atoms with Crippen molar-refractivity contribution in [1.82, 2.24) is 19.5 Å². The Morgan fingerprint density at radius 2 is 0.790 bits per heavy atom. The van der Waals surface area contributed by atoms with E-state index in [1.165, 1.54) is 11.1 Å². The zero-order chi connectivity index (χ0) is 41.0. The van der Waals surface area contributed by atoms with Gasteiger partial charge >= 0.3 is 0 Å². The van der Waals surface area contributed by atoms with Crippen molar-refractivity contribution in [1.29, 1.82) is 0 Å². The van der Waals surface area contributed by atoms with Crippen LogP contribution in [0.2, 0.25) is 0 Å². The summed E-state index contributed by atoms with van der Waals surface area (Å²) in [5.41, 5.74) is 14.2. The molecule has 3 aromatic heterocycles. The summed E-state index contributed by atoms with van der Waals surface area (Å²) in [4.78, 5) is 15.7. The van der Waals surface area contributed by atoms with Gasteiger partial charge in [0.15, 0.2) is 17.5 Å². The number of aromatic nitrogens is 4. The van der Waals surface area contributed by atoms with Gasteiger partial charge in [0.25, 0.3) is 0 Å². The molecule has 0 amide bonds. The van der Waals surface area contributed by atoms with Crippen LogP contribution in [0.4, 0.5) is 0 Å². The quantitative estimate of drug-likeness (QED) is 0.161. The predicted octanol–water partition coefficient (Wildman–Crippen LogP) is 14.9. The number of furan rings is 1. The van der Waals surface area contributed by atoms with Crippen LogP contribution in [-0.4, -0.2) is 19.5 Å². The standard InChI is InChI=1S/C57H36N4O/c1-5-16-37(17-6-1)41-28-31-50-47(34-41)48-35-42(38-18-7-2-8-19-38)29-32-51(48)61(50)52-33-30-43(44-25-15-26-46-45-24-13-14-27-53(45)62-54(44)46)36-49(52)57-59-55(39-20-9-3-10-21-39)58-56(60-57)40-22-11-4-12-23-40/h1-36H. The summed E-state index contributed by atoms with van der Waals surface area (Å²) in [7, 11) is 0. The van der Waals surface area contributed by atoms with E-state index in [0.29, 0.717) is 17.5 Å². The van der Waals surface area contributed by atoms with Gasteiger partial charge in [-0.1, -0.05) is 176 Å². The van der Waals surface area contributed by atoms with E-state index in [0.717, 1.165) is 88.4 Å². The Hall–Kier alpha value is -8.41. The highest BCUT2D eigenvalue weighted by Gasteiger charge is 2.22. The summed E-state index contributed by atoms with van der Waals surface area (Å²) < 4.78 is 8.98. The summed E-state index contributed by atoms with van der Waals surface area (Å²) >= 11 is 0. The molecule has 290 valence electrons. The topological polar surface area (TPSA) is 56.7 Å². The molecule has 5 nitrogen and oxygen atoms in total. The second-order valence-electron chi connectivity index (χ2n) is 15.6. The summed E-state index contributed by atoms with van der Waals surface area (Å²) in [6, 6.07) is 76.4. The second kappa shape index (κ2) is 14.7. The summed E-state index contributed by atoms with van der Waals surface area (Å²) in [5.74, 6) is 1.78. The smallest absolute Gasteiger partial charge is 0.166 e. The average Bonchev–Trinajstić information content (AvgIpc) is 3.90. The molecule has 0 aliphatic rings. The fraction of sp³-hybridized carbons (Fsp3) is 0. The van der Waals surface area contributed by atoms with E-state index >= 15 is 0 Å². The molecule has 62 heavy (non-hydrogen) atoms. The molecule has 0 aliphatic carbocycles. The molecule has 12 rings (SSSR count). The van der Waals surface area contributed by atoms with Gasteiger partial charge < -0.3 is 8.98 Å². The molecule has 0 bridgehead atoms. The molecule has 0 saturated heterocycles. The number of hydrogen-bond acceptors (Lipinski definition) is 4. The van der Waals surface area contributed by atoms with Crippen molar-refractivity contribution in [3.63, 3.8) is 0 Å². The van der Waals surface area contributed by atoms with Crippen molar-refractivity contribution < 1.29 is 4.42 Å². The maximum Gasteiger partial charge on any atom is 0.166 e. The fourth-order valence-corrected chi connectivity index (χ4v) is 8.88. The Morgan fingerprint density at radius 3 is 1.37 bits per heavy atom. The largest absolute Gasteiger partial charge is 0.455 e. The maximum atomic E-state index is 6.60. The Balaban J connectivity index is 1.16. The normalized spacial score (nSPS) is 11.5. The molecule has 0 atom stereocenters. The number of hydrogen-bond donors (Lipinski definition) is 0. The van der Waals surface area contributed by atoms with Crippen LogP contribution in [0.3, 0.4) is 0 Å². The predicted molar refractivity (Wildman–Crippen MR) is 254 cm³/mol. The van der Waals surface area contributed by atoms with Gasteiger partial charge in [-0.05, 0) is 70.3 Å². The molecule has 3 heterocycles. The van der Waals surface area contributed by atoms with Crippen LogP contribution >= 0.6 is 0 Å². The fourth-order valence-electron chi connectivity index (χ4n) is 8.88.